The Labute approximate surface area is 164 Å². The molecule has 2 N–H and O–H groups in total. The minimum atomic E-state index is -0.476. The minimum absolute atomic E-state index is 0.00697. The summed E-state index contributed by atoms with van der Waals surface area (Å²) in [6.07, 6.45) is 2.10. The van der Waals surface area contributed by atoms with E-state index in [-0.39, 0.29) is 30.7 Å². The molecule has 0 aromatic heterocycles. The summed E-state index contributed by atoms with van der Waals surface area (Å²) in [6, 6.07) is 17.8. The molecule has 146 valence electrons. The summed E-state index contributed by atoms with van der Waals surface area (Å²) in [4.78, 5) is 38.9. The summed E-state index contributed by atoms with van der Waals surface area (Å²) in [5, 5.41) is 5.62. The predicted octanol–water partition coefficient (Wildman–Crippen LogP) is 2.29. The number of nitrogens with zero attached hydrogens (tertiary/aromatic N) is 1. The molecule has 1 aliphatic heterocycles. The van der Waals surface area contributed by atoms with Gasteiger partial charge in [0, 0.05) is 18.7 Å². The van der Waals surface area contributed by atoms with Crippen molar-refractivity contribution >= 4 is 17.7 Å². The summed E-state index contributed by atoms with van der Waals surface area (Å²) in [5.41, 5.74) is 1.38. The quantitative estimate of drug-likeness (QED) is 0.775. The van der Waals surface area contributed by atoms with Crippen LogP contribution in [0.1, 0.15) is 41.2 Å². The van der Waals surface area contributed by atoms with Crippen molar-refractivity contribution in [2.75, 3.05) is 19.6 Å². The average Bonchev–Trinajstić information content (AvgIpc) is 3.28. The molecule has 0 bridgehead atoms. The highest BCUT2D eigenvalue weighted by Crippen LogP contribution is 2.17. The summed E-state index contributed by atoms with van der Waals surface area (Å²) in [7, 11) is 0. The SMILES string of the molecule is O=C(CC(NC(=O)c1ccccc1)c1ccccc1)NCC(=O)N1CCCC1. The number of hydrogen-bond donors (Lipinski definition) is 2. The lowest BCUT2D eigenvalue weighted by Gasteiger charge is -2.20. The topological polar surface area (TPSA) is 78.5 Å². The van der Waals surface area contributed by atoms with E-state index in [2.05, 4.69) is 10.6 Å². The molecule has 2 aromatic carbocycles. The Kier molecular flexibility index (Phi) is 6.78. The van der Waals surface area contributed by atoms with E-state index in [1.54, 1.807) is 29.2 Å². The van der Waals surface area contributed by atoms with E-state index in [1.165, 1.54) is 0 Å². The maximum Gasteiger partial charge on any atom is 0.251 e. The molecule has 2 aromatic rings. The summed E-state index contributed by atoms with van der Waals surface area (Å²) in [5.74, 6) is -0.569. The number of carbonyl (C=O) groups is 3. The Morgan fingerprint density at radius 3 is 2.14 bits per heavy atom. The molecule has 1 heterocycles. The molecule has 1 fully saturated rings. The minimum Gasteiger partial charge on any atom is -0.347 e. The van der Waals surface area contributed by atoms with Crippen LogP contribution in [-0.4, -0.2) is 42.3 Å². The molecular formula is C22H25N3O3. The first-order valence-corrected chi connectivity index (χ1v) is 9.59. The highest BCUT2D eigenvalue weighted by molar-refractivity contribution is 5.94. The van der Waals surface area contributed by atoms with Gasteiger partial charge in [-0.15, -0.1) is 0 Å². The molecule has 3 rings (SSSR count). The van der Waals surface area contributed by atoms with Crippen molar-refractivity contribution in [1.82, 2.24) is 15.5 Å². The van der Waals surface area contributed by atoms with Crippen LogP contribution in [0.3, 0.4) is 0 Å². The van der Waals surface area contributed by atoms with Gasteiger partial charge in [0.05, 0.1) is 19.0 Å². The van der Waals surface area contributed by atoms with Gasteiger partial charge in [-0.05, 0) is 30.5 Å². The van der Waals surface area contributed by atoms with Crippen molar-refractivity contribution in [3.05, 3.63) is 71.8 Å². The van der Waals surface area contributed by atoms with Crippen LogP contribution in [0, 0.1) is 0 Å². The maximum atomic E-state index is 12.5. The molecule has 1 saturated heterocycles. The molecule has 0 radical (unpaired) electrons. The molecule has 0 aliphatic carbocycles. The monoisotopic (exact) mass is 379 g/mol. The molecule has 1 atom stereocenters. The van der Waals surface area contributed by atoms with Crippen LogP contribution in [0.5, 0.6) is 0 Å². The zero-order valence-corrected chi connectivity index (χ0v) is 15.8. The predicted molar refractivity (Wildman–Crippen MR) is 107 cm³/mol. The maximum absolute atomic E-state index is 12.5. The van der Waals surface area contributed by atoms with E-state index < -0.39 is 6.04 Å². The Morgan fingerprint density at radius 2 is 1.50 bits per heavy atom. The van der Waals surface area contributed by atoms with Gasteiger partial charge in [0.2, 0.25) is 11.8 Å². The molecule has 1 unspecified atom stereocenters. The molecule has 6 heteroatoms. The van der Waals surface area contributed by atoms with E-state index in [0.29, 0.717) is 5.56 Å². The van der Waals surface area contributed by atoms with Crippen molar-refractivity contribution in [2.45, 2.75) is 25.3 Å². The van der Waals surface area contributed by atoms with Crippen molar-refractivity contribution in [3.63, 3.8) is 0 Å². The summed E-state index contributed by atoms with van der Waals surface area (Å²) in [6.45, 7) is 1.51. The van der Waals surface area contributed by atoms with Gasteiger partial charge in [-0.25, -0.2) is 0 Å². The van der Waals surface area contributed by atoms with Crippen LogP contribution < -0.4 is 10.6 Å². The van der Waals surface area contributed by atoms with Gasteiger partial charge < -0.3 is 15.5 Å². The first kappa shape index (κ1) is 19.6. The van der Waals surface area contributed by atoms with Gasteiger partial charge >= 0.3 is 0 Å². The standard InChI is InChI=1S/C22H25N3O3/c26-20(23-16-21(27)25-13-7-8-14-25)15-19(17-9-3-1-4-10-17)24-22(28)18-11-5-2-6-12-18/h1-6,9-12,19H,7-8,13-16H2,(H,23,26)(H,24,28). The number of carbonyl (C=O) groups excluding carboxylic acids is 3. The van der Waals surface area contributed by atoms with Crippen LogP contribution >= 0.6 is 0 Å². The van der Waals surface area contributed by atoms with Gasteiger partial charge in [-0.3, -0.25) is 14.4 Å². The zero-order valence-electron chi connectivity index (χ0n) is 15.8. The largest absolute Gasteiger partial charge is 0.347 e. The fourth-order valence-electron chi connectivity index (χ4n) is 3.28. The van der Waals surface area contributed by atoms with Crippen LogP contribution in [-0.2, 0) is 9.59 Å². The van der Waals surface area contributed by atoms with E-state index in [0.717, 1.165) is 31.5 Å². The Morgan fingerprint density at radius 1 is 0.893 bits per heavy atom. The van der Waals surface area contributed by atoms with Crippen LogP contribution in [0.4, 0.5) is 0 Å². The molecule has 0 spiro atoms. The normalized spacial score (nSPS) is 14.4. The van der Waals surface area contributed by atoms with Crippen LogP contribution in [0.2, 0.25) is 0 Å². The lowest BCUT2D eigenvalue weighted by molar-refractivity contribution is -0.132. The lowest BCUT2D eigenvalue weighted by Crippen LogP contribution is -2.40. The number of amides is 3. The fourth-order valence-corrected chi connectivity index (χ4v) is 3.28. The van der Waals surface area contributed by atoms with E-state index in [4.69, 9.17) is 0 Å². The Balaban J connectivity index is 1.61. The molecule has 0 saturated carbocycles. The van der Waals surface area contributed by atoms with Crippen molar-refractivity contribution in [2.24, 2.45) is 0 Å². The first-order valence-electron chi connectivity index (χ1n) is 9.59. The van der Waals surface area contributed by atoms with Gasteiger partial charge in [-0.1, -0.05) is 48.5 Å². The summed E-state index contributed by atoms with van der Waals surface area (Å²) >= 11 is 0. The molecule has 28 heavy (non-hydrogen) atoms. The highest BCUT2D eigenvalue weighted by Gasteiger charge is 2.21. The van der Waals surface area contributed by atoms with Crippen LogP contribution in [0.15, 0.2) is 60.7 Å². The third-order valence-corrected chi connectivity index (χ3v) is 4.83. The smallest absolute Gasteiger partial charge is 0.251 e. The number of nitrogens with one attached hydrogen (secondary N) is 2. The zero-order chi connectivity index (χ0) is 19.8. The lowest BCUT2D eigenvalue weighted by atomic mass is 10.0. The average molecular weight is 379 g/mol. The molecule has 3 amide bonds. The van der Waals surface area contributed by atoms with Gasteiger partial charge in [0.15, 0.2) is 0 Å². The Hall–Kier alpha value is -3.15. The van der Waals surface area contributed by atoms with Gasteiger partial charge in [0.25, 0.3) is 5.91 Å². The van der Waals surface area contributed by atoms with Gasteiger partial charge in [0.1, 0.15) is 0 Å². The second kappa shape index (κ2) is 9.69. The third-order valence-electron chi connectivity index (χ3n) is 4.83. The third kappa shape index (κ3) is 5.42. The molecular weight excluding hydrogens is 354 g/mol. The number of benzene rings is 2. The van der Waals surface area contributed by atoms with Gasteiger partial charge in [-0.2, -0.15) is 0 Å². The fraction of sp³-hybridized carbons (Fsp3) is 0.318. The van der Waals surface area contributed by atoms with E-state index in [1.807, 2.05) is 36.4 Å². The Bertz CT molecular complexity index is 802. The highest BCUT2D eigenvalue weighted by atomic mass is 16.2. The number of rotatable bonds is 7. The number of hydrogen-bond acceptors (Lipinski definition) is 3. The first-order chi connectivity index (χ1) is 13.6. The van der Waals surface area contributed by atoms with Crippen molar-refractivity contribution in [3.8, 4) is 0 Å². The molecule has 1 aliphatic rings. The van der Waals surface area contributed by atoms with E-state index >= 15 is 0 Å². The second-order valence-corrected chi connectivity index (χ2v) is 6.87. The van der Waals surface area contributed by atoms with E-state index in [9.17, 15) is 14.4 Å². The van der Waals surface area contributed by atoms with Crippen LogP contribution in [0.25, 0.3) is 0 Å². The van der Waals surface area contributed by atoms with Crippen molar-refractivity contribution in [1.29, 1.82) is 0 Å². The summed E-state index contributed by atoms with van der Waals surface area (Å²) < 4.78 is 0. The molecule has 6 nitrogen and oxygen atoms in total. The second-order valence-electron chi connectivity index (χ2n) is 6.87. The number of likely N-dealkylation sites (tertiary alicyclic amines) is 1. The van der Waals surface area contributed by atoms with Crippen molar-refractivity contribution < 1.29 is 14.4 Å².